The smallest absolute Gasteiger partial charge is 0.306 e. The molecule has 0 aliphatic heterocycles. The van der Waals surface area contributed by atoms with Crippen LogP contribution in [0.4, 0.5) is 0 Å². The lowest BCUT2D eigenvalue weighted by Crippen LogP contribution is -2.30. The summed E-state index contributed by atoms with van der Waals surface area (Å²) in [4.78, 5) is 38.0. The zero-order valence-electron chi connectivity index (χ0n) is 43.3. The average Bonchev–Trinajstić information content (AvgIpc) is 3.29. The molecule has 0 bridgehead atoms. The first-order valence-corrected chi connectivity index (χ1v) is 28.7. The van der Waals surface area contributed by atoms with Crippen molar-refractivity contribution in [3.63, 3.8) is 0 Å². The molecule has 1 atom stereocenters. The SMILES string of the molecule is CCC/C=C\CCCCCCCC(=O)OCC(COC(=O)CCCCCCCCCCCCCCCCCCCCCCC)OC(=O)CCCCCCCCCCCCCCCCC. The molecule has 0 aromatic carbocycles. The molecule has 0 aliphatic carbocycles. The maximum atomic E-state index is 12.8. The van der Waals surface area contributed by atoms with E-state index in [0.29, 0.717) is 19.3 Å². The summed E-state index contributed by atoms with van der Waals surface area (Å²) in [6.07, 6.45) is 60.7. The second kappa shape index (κ2) is 53.8. The van der Waals surface area contributed by atoms with Gasteiger partial charge in [0.15, 0.2) is 6.10 Å². The summed E-state index contributed by atoms with van der Waals surface area (Å²) in [6.45, 7) is 6.63. The van der Waals surface area contributed by atoms with Gasteiger partial charge >= 0.3 is 17.9 Å². The van der Waals surface area contributed by atoms with Gasteiger partial charge in [-0.3, -0.25) is 14.4 Å². The molecular formula is C58H110O6. The van der Waals surface area contributed by atoms with Crippen LogP contribution in [0.3, 0.4) is 0 Å². The summed E-state index contributed by atoms with van der Waals surface area (Å²) in [5.74, 6) is -0.856. The third kappa shape index (κ3) is 51.1. The Hall–Kier alpha value is -1.85. The highest BCUT2D eigenvalue weighted by molar-refractivity contribution is 5.71. The van der Waals surface area contributed by atoms with E-state index in [2.05, 4.69) is 32.9 Å². The summed E-state index contributed by atoms with van der Waals surface area (Å²) in [6, 6.07) is 0. The molecular weight excluding hydrogens is 793 g/mol. The fourth-order valence-electron chi connectivity index (χ4n) is 8.68. The molecule has 0 fully saturated rings. The third-order valence-corrected chi connectivity index (χ3v) is 13.0. The van der Waals surface area contributed by atoms with Crippen LogP contribution >= 0.6 is 0 Å². The van der Waals surface area contributed by atoms with Crippen molar-refractivity contribution in [2.24, 2.45) is 0 Å². The van der Waals surface area contributed by atoms with E-state index in [1.165, 1.54) is 212 Å². The first kappa shape index (κ1) is 62.1. The highest BCUT2D eigenvalue weighted by Gasteiger charge is 2.19. The van der Waals surface area contributed by atoms with Gasteiger partial charge < -0.3 is 14.2 Å². The maximum Gasteiger partial charge on any atom is 0.306 e. The lowest BCUT2D eigenvalue weighted by atomic mass is 10.0. The van der Waals surface area contributed by atoms with Crippen molar-refractivity contribution in [1.29, 1.82) is 0 Å². The zero-order valence-corrected chi connectivity index (χ0v) is 43.3. The molecule has 0 N–H and O–H groups in total. The summed E-state index contributed by atoms with van der Waals surface area (Å²) in [5, 5.41) is 0. The Morgan fingerprint density at radius 2 is 0.547 bits per heavy atom. The first-order valence-electron chi connectivity index (χ1n) is 28.7. The van der Waals surface area contributed by atoms with Gasteiger partial charge in [-0.25, -0.2) is 0 Å². The molecule has 0 spiro atoms. The quantitative estimate of drug-likeness (QED) is 0.0262. The van der Waals surface area contributed by atoms with Gasteiger partial charge in [-0.05, 0) is 38.5 Å². The fourth-order valence-corrected chi connectivity index (χ4v) is 8.68. The lowest BCUT2D eigenvalue weighted by Gasteiger charge is -2.18. The second-order valence-electron chi connectivity index (χ2n) is 19.6. The van der Waals surface area contributed by atoms with E-state index in [4.69, 9.17) is 14.2 Å². The standard InChI is InChI=1S/C58H110O6/c1-4-7-10-13-16-19-22-24-26-27-28-29-30-31-33-34-36-39-42-45-48-51-57(60)63-54-55(53-62-56(59)50-47-44-41-38-21-18-15-12-9-6-3)64-58(61)52-49-46-43-40-37-35-32-25-23-20-17-14-11-8-5-2/h12,15,55H,4-11,13-14,16-54H2,1-3H3/b15-12-. The van der Waals surface area contributed by atoms with Crippen LogP contribution < -0.4 is 0 Å². The minimum Gasteiger partial charge on any atom is -0.462 e. The third-order valence-electron chi connectivity index (χ3n) is 13.0. The highest BCUT2D eigenvalue weighted by Crippen LogP contribution is 2.17. The molecule has 0 saturated carbocycles. The molecule has 0 amide bonds. The molecule has 0 saturated heterocycles. The van der Waals surface area contributed by atoms with Gasteiger partial charge in [0.2, 0.25) is 0 Å². The van der Waals surface area contributed by atoms with Gasteiger partial charge in [-0.15, -0.1) is 0 Å². The van der Waals surface area contributed by atoms with E-state index in [-0.39, 0.29) is 31.1 Å². The van der Waals surface area contributed by atoms with Crippen molar-refractivity contribution in [3.05, 3.63) is 12.2 Å². The molecule has 378 valence electrons. The number of rotatable bonds is 53. The van der Waals surface area contributed by atoms with Gasteiger partial charge in [-0.2, -0.15) is 0 Å². The van der Waals surface area contributed by atoms with Gasteiger partial charge in [0.25, 0.3) is 0 Å². The molecule has 0 heterocycles. The Labute approximate surface area is 399 Å². The molecule has 6 nitrogen and oxygen atoms in total. The van der Waals surface area contributed by atoms with Gasteiger partial charge in [0.1, 0.15) is 13.2 Å². The van der Waals surface area contributed by atoms with Crippen molar-refractivity contribution in [2.45, 2.75) is 329 Å². The average molecular weight is 904 g/mol. The van der Waals surface area contributed by atoms with Crippen LogP contribution in [0, 0.1) is 0 Å². The Morgan fingerprint density at radius 1 is 0.297 bits per heavy atom. The van der Waals surface area contributed by atoms with E-state index in [9.17, 15) is 14.4 Å². The van der Waals surface area contributed by atoms with Crippen molar-refractivity contribution in [3.8, 4) is 0 Å². The minimum atomic E-state index is -0.766. The van der Waals surface area contributed by atoms with Gasteiger partial charge in [0.05, 0.1) is 0 Å². The van der Waals surface area contributed by atoms with Crippen LogP contribution in [0.25, 0.3) is 0 Å². The van der Waals surface area contributed by atoms with E-state index < -0.39 is 6.10 Å². The second-order valence-corrected chi connectivity index (χ2v) is 19.6. The number of carbonyl (C=O) groups is 3. The summed E-state index contributed by atoms with van der Waals surface area (Å²) in [7, 11) is 0. The van der Waals surface area contributed by atoms with Crippen molar-refractivity contribution in [2.75, 3.05) is 13.2 Å². The van der Waals surface area contributed by atoms with Crippen LogP contribution in [-0.2, 0) is 28.6 Å². The van der Waals surface area contributed by atoms with Crippen molar-refractivity contribution >= 4 is 17.9 Å². The molecule has 64 heavy (non-hydrogen) atoms. The number of hydrogen-bond donors (Lipinski definition) is 0. The van der Waals surface area contributed by atoms with E-state index in [1.807, 2.05) is 0 Å². The molecule has 6 heteroatoms. The molecule has 0 rings (SSSR count). The molecule has 1 unspecified atom stereocenters. The Balaban J connectivity index is 4.21. The largest absolute Gasteiger partial charge is 0.462 e. The Morgan fingerprint density at radius 3 is 0.844 bits per heavy atom. The van der Waals surface area contributed by atoms with Crippen LogP contribution in [0.15, 0.2) is 12.2 Å². The highest BCUT2D eigenvalue weighted by atomic mass is 16.6. The predicted octanol–water partition coefficient (Wildman–Crippen LogP) is 18.9. The number of ether oxygens (including phenoxy) is 3. The van der Waals surface area contributed by atoms with E-state index >= 15 is 0 Å². The number of unbranched alkanes of at least 4 members (excludes halogenated alkanes) is 40. The molecule has 0 aromatic heterocycles. The number of esters is 3. The normalized spacial score (nSPS) is 12.0. The first-order chi connectivity index (χ1) is 31.5. The Bertz CT molecular complexity index is 993. The summed E-state index contributed by atoms with van der Waals surface area (Å²) < 4.78 is 16.8. The molecule has 0 aliphatic rings. The molecule has 0 aromatic rings. The number of carbonyl (C=O) groups excluding carboxylic acids is 3. The van der Waals surface area contributed by atoms with Crippen LogP contribution in [0.2, 0.25) is 0 Å². The minimum absolute atomic E-state index is 0.0668. The maximum absolute atomic E-state index is 12.8. The van der Waals surface area contributed by atoms with Crippen LogP contribution in [0.5, 0.6) is 0 Å². The summed E-state index contributed by atoms with van der Waals surface area (Å²) >= 11 is 0. The topological polar surface area (TPSA) is 78.9 Å². The number of allylic oxidation sites excluding steroid dienone is 2. The van der Waals surface area contributed by atoms with Crippen molar-refractivity contribution < 1.29 is 28.6 Å². The van der Waals surface area contributed by atoms with E-state index in [1.54, 1.807) is 0 Å². The van der Waals surface area contributed by atoms with Crippen molar-refractivity contribution in [1.82, 2.24) is 0 Å². The zero-order chi connectivity index (χ0) is 46.5. The predicted molar refractivity (Wildman–Crippen MR) is 275 cm³/mol. The lowest BCUT2D eigenvalue weighted by molar-refractivity contribution is -0.167. The number of hydrogen-bond acceptors (Lipinski definition) is 6. The van der Waals surface area contributed by atoms with E-state index in [0.717, 1.165) is 70.6 Å². The van der Waals surface area contributed by atoms with Crippen LogP contribution in [-0.4, -0.2) is 37.2 Å². The fraction of sp³-hybridized carbons (Fsp3) is 0.914. The Kier molecular flexibility index (Phi) is 52.2. The molecule has 0 radical (unpaired) electrons. The van der Waals surface area contributed by atoms with Gasteiger partial charge in [0, 0.05) is 19.3 Å². The monoisotopic (exact) mass is 903 g/mol. The summed E-state index contributed by atoms with van der Waals surface area (Å²) in [5.41, 5.74) is 0. The van der Waals surface area contributed by atoms with Gasteiger partial charge in [-0.1, -0.05) is 277 Å². The van der Waals surface area contributed by atoms with Crippen LogP contribution in [0.1, 0.15) is 323 Å².